The Morgan fingerprint density at radius 3 is 2.35 bits per heavy atom. The molecule has 0 saturated heterocycles. The van der Waals surface area contributed by atoms with E-state index in [1.165, 1.54) is 0 Å². The summed E-state index contributed by atoms with van der Waals surface area (Å²) in [7, 11) is 0. The maximum atomic E-state index is 11.7. The first kappa shape index (κ1) is 18.1. The highest BCUT2D eigenvalue weighted by molar-refractivity contribution is 5.90. The van der Waals surface area contributed by atoms with Gasteiger partial charge in [0.15, 0.2) is 6.61 Å². The zero-order valence-electron chi connectivity index (χ0n) is 12.6. The fraction of sp³-hybridized carbons (Fsp3) is 0.333. The van der Waals surface area contributed by atoms with Gasteiger partial charge in [0.1, 0.15) is 12.6 Å². The molecule has 0 fully saturated rings. The van der Waals surface area contributed by atoms with Crippen LogP contribution in [0.25, 0.3) is 0 Å². The fourth-order valence-corrected chi connectivity index (χ4v) is 1.59. The summed E-state index contributed by atoms with van der Waals surface area (Å²) in [5, 5.41) is 2.21. The third-order valence-corrected chi connectivity index (χ3v) is 2.70. The van der Waals surface area contributed by atoms with Crippen LogP contribution in [0.15, 0.2) is 30.3 Å². The van der Waals surface area contributed by atoms with Gasteiger partial charge < -0.3 is 20.5 Å². The Morgan fingerprint density at radius 2 is 1.78 bits per heavy atom. The zero-order valence-corrected chi connectivity index (χ0v) is 12.6. The van der Waals surface area contributed by atoms with Crippen LogP contribution in [-0.2, 0) is 35.3 Å². The van der Waals surface area contributed by atoms with E-state index >= 15 is 0 Å². The van der Waals surface area contributed by atoms with Crippen molar-refractivity contribution in [3.63, 3.8) is 0 Å². The molecule has 0 aromatic heterocycles. The maximum Gasteiger partial charge on any atom is 0.308 e. The van der Waals surface area contributed by atoms with E-state index in [1.807, 2.05) is 6.07 Å². The minimum absolute atomic E-state index is 0.0482. The normalized spacial score (nSPS) is 11.2. The summed E-state index contributed by atoms with van der Waals surface area (Å²) >= 11 is 0. The molecule has 0 aliphatic rings. The molecule has 0 saturated carbocycles. The number of carbonyl (C=O) groups is 4. The first-order valence-corrected chi connectivity index (χ1v) is 6.80. The van der Waals surface area contributed by atoms with Gasteiger partial charge in [-0.2, -0.15) is 0 Å². The SMILES string of the molecule is CC(=O)OCC(=O)N[C@@H](CC(=O)OCc1ccccc1)C(N)=O. The van der Waals surface area contributed by atoms with Crippen molar-refractivity contribution in [3.05, 3.63) is 35.9 Å². The number of rotatable bonds is 8. The van der Waals surface area contributed by atoms with Crippen molar-refractivity contribution in [2.75, 3.05) is 6.61 Å². The van der Waals surface area contributed by atoms with E-state index in [0.717, 1.165) is 12.5 Å². The number of nitrogens with one attached hydrogen (secondary N) is 1. The molecule has 1 aromatic carbocycles. The van der Waals surface area contributed by atoms with E-state index in [2.05, 4.69) is 10.1 Å². The Morgan fingerprint density at radius 1 is 1.13 bits per heavy atom. The van der Waals surface area contributed by atoms with Crippen molar-refractivity contribution in [3.8, 4) is 0 Å². The number of ether oxygens (including phenoxy) is 2. The van der Waals surface area contributed by atoms with E-state index in [9.17, 15) is 19.2 Å². The summed E-state index contributed by atoms with van der Waals surface area (Å²) in [5.41, 5.74) is 5.91. The van der Waals surface area contributed by atoms with E-state index in [-0.39, 0.29) is 6.61 Å². The predicted octanol–water partition coefficient (Wildman–Crippen LogP) is -0.347. The number of amides is 2. The molecule has 2 amide bonds. The molecule has 0 aliphatic carbocycles. The van der Waals surface area contributed by atoms with Crippen LogP contribution in [0.1, 0.15) is 18.9 Å². The summed E-state index contributed by atoms with van der Waals surface area (Å²) in [6.07, 6.45) is -0.409. The summed E-state index contributed by atoms with van der Waals surface area (Å²) in [6, 6.07) is 7.74. The zero-order chi connectivity index (χ0) is 17.2. The lowest BCUT2D eigenvalue weighted by molar-refractivity contribution is -0.149. The highest BCUT2D eigenvalue weighted by Gasteiger charge is 2.22. The van der Waals surface area contributed by atoms with Crippen molar-refractivity contribution < 1.29 is 28.7 Å². The second-order valence-corrected chi connectivity index (χ2v) is 4.65. The van der Waals surface area contributed by atoms with Crippen molar-refractivity contribution in [2.45, 2.75) is 26.0 Å². The highest BCUT2D eigenvalue weighted by Crippen LogP contribution is 2.03. The molecular weight excluding hydrogens is 304 g/mol. The fourth-order valence-electron chi connectivity index (χ4n) is 1.59. The van der Waals surface area contributed by atoms with E-state index in [0.29, 0.717) is 0 Å². The van der Waals surface area contributed by atoms with Crippen LogP contribution in [0.4, 0.5) is 0 Å². The maximum absolute atomic E-state index is 11.7. The lowest BCUT2D eigenvalue weighted by atomic mass is 10.2. The van der Waals surface area contributed by atoms with Gasteiger partial charge >= 0.3 is 11.9 Å². The van der Waals surface area contributed by atoms with Crippen molar-refractivity contribution in [1.82, 2.24) is 5.32 Å². The second kappa shape index (κ2) is 9.19. The Kier molecular flexibility index (Phi) is 7.25. The summed E-state index contributed by atoms with van der Waals surface area (Å²) in [5.74, 6) is -2.96. The Bertz CT molecular complexity index is 573. The third kappa shape index (κ3) is 7.60. The molecule has 0 bridgehead atoms. The number of primary amides is 1. The smallest absolute Gasteiger partial charge is 0.308 e. The van der Waals surface area contributed by atoms with Crippen LogP contribution in [-0.4, -0.2) is 36.4 Å². The topological polar surface area (TPSA) is 125 Å². The Labute approximate surface area is 132 Å². The van der Waals surface area contributed by atoms with Gasteiger partial charge in [-0.25, -0.2) is 0 Å². The molecule has 1 aromatic rings. The lowest BCUT2D eigenvalue weighted by Crippen LogP contribution is -2.47. The molecule has 0 heterocycles. The second-order valence-electron chi connectivity index (χ2n) is 4.65. The molecule has 1 atom stereocenters. The van der Waals surface area contributed by atoms with Gasteiger partial charge in [-0.15, -0.1) is 0 Å². The van der Waals surface area contributed by atoms with E-state index in [4.69, 9.17) is 10.5 Å². The lowest BCUT2D eigenvalue weighted by Gasteiger charge is -2.14. The number of benzene rings is 1. The quantitative estimate of drug-likeness (QED) is 0.630. The molecule has 0 aliphatic heterocycles. The molecule has 3 N–H and O–H groups in total. The monoisotopic (exact) mass is 322 g/mol. The molecule has 124 valence electrons. The van der Waals surface area contributed by atoms with Crippen LogP contribution >= 0.6 is 0 Å². The molecule has 0 radical (unpaired) electrons. The predicted molar refractivity (Wildman–Crippen MR) is 78.6 cm³/mol. The van der Waals surface area contributed by atoms with Gasteiger partial charge in [0.25, 0.3) is 5.91 Å². The standard InChI is InChI=1S/C15H18N2O6/c1-10(18)22-9-13(19)17-12(15(16)21)7-14(20)23-8-11-5-3-2-4-6-11/h2-6,12H,7-9H2,1H3,(H2,16,21)(H,17,19)/t12-/m0/s1. The Hall–Kier alpha value is -2.90. The van der Waals surface area contributed by atoms with Crippen LogP contribution < -0.4 is 11.1 Å². The van der Waals surface area contributed by atoms with E-state index < -0.39 is 42.8 Å². The number of hydrogen-bond acceptors (Lipinski definition) is 6. The number of hydrogen-bond donors (Lipinski definition) is 2. The average Bonchev–Trinajstić information content (AvgIpc) is 2.51. The van der Waals surface area contributed by atoms with Gasteiger partial charge in [-0.3, -0.25) is 19.2 Å². The van der Waals surface area contributed by atoms with E-state index in [1.54, 1.807) is 24.3 Å². The average molecular weight is 322 g/mol. The molecule has 23 heavy (non-hydrogen) atoms. The number of carbonyl (C=O) groups excluding carboxylic acids is 4. The van der Waals surface area contributed by atoms with Gasteiger partial charge in [-0.05, 0) is 5.56 Å². The molecular formula is C15H18N2O6. The van der Waals surface area contributed by atoms with Crippen molar-refractivity contribution in [2.24, 2.45) is 5.73 Å². The minimum atomic E-state index is -1.23. The van der Waals surface area contributed by atoms with Crippen LogP contribution in [0.2, 0.25) is 0 Å². The van der Waals surface area contributed by atoms with Gasteiger partial charge in [0, 0.05) is 6.92 Å². The minimum Gasteiger partial charge on any atom is -0.461 e. The largest absolute Gasteiger partial charge is 0.461 e. The van der Waals surface area contributed by atoms with Gasteiger partial charge in [0.05, 0.1) is 6.42 Å². The Balaban J connectivity index is 2.45. The molecule has 0 unspecified atom stereocenters. The molecule has 1 rings (SSSR count). The van der Waals surface area contributed by atoms with Crippen molar-refractivity contribution in [1.29, 1.82) is 0 Å². The van der Waals surface area contributed by atoms with Gasteiger partial charge in [-0.1, -0.05) is 30.3 Å². The summed E-state index contributed by atoms with van der Waals surface area (Å²) in [6.45, 7) is 0.629. The first-order chi connectivity index (χ1) is 10.9. The highest BCUT2D eigenvalue weighted by atomic mass is 16.5. The summed E-state index contributed by atoms with van der Waals surface area (Å²) < 4.78 is 9.48. The van der Waals surface area contributed by atoms with Crippen LogP contribution in [0, 0.1) is 0 Å². The van der Waals surface area contributed by atoms with Crippen molar-refractivity contribution >= 4 is 23.8 Å². The third-order valence-electron chi connectivity index (χ3n) is 2.70. The van der Waals surface area contributed by atoms with Crippen LogP contribution in [0.3, 0.4) is 0 Å². The molecule has 8 heteroatoms. The van der Waals surface area contributed by atoms with Crippen LogP contribution in [0.5, 0.6) is 0 Å². The number of esters is 2. The van der Waals surface area contributed by atoms with Gasteiger partial charge in [0.2, 0.25) is 5.91 Å². The molecule has 0 spiro atoms. The molecule has 8 nitrogen and oxygen atoms in total. The first-order valence-electron chi connectivity index (χ1n) is 6.80. The number of nitrogens with two attached hydrogens (primary N) is 1. The summed E-state index contributed by atoms with van der Waals surface area (Å²) in [4.78, 5) is 45.1.